The minimum absolute atomic E-state index is 0.158. The fraction of sp³-hybridized carbons (Fsp3) is 0.500. The summed E-state index contributed by atoms with van der Waals surface area (Å²) in [7, 11) is 0. The van der Waals surface area contributed by atoms with Crippen LogP contribution in [-0.4, -0.2) is 37.0 Å². The molecule has 2 aromatic rings. The number of amides is 2. The number of aryl methyl sites for hydroxylation is 1. The highest BCUT2D eigenvalue weighted by Gasteiger charge is 2.24. The number of rotatable bonds is 13. The molecule has 6 N–H and O–H groups in total. The Labute approximate surface area is 189 Å². The Bertz CT molecular complexity index is 807. The van der Waals surface area contributed by atoms with Crippen molar-refractivity contribution >= 4 is 23.2 Å². The number of nitrogens with two attached hydrogens (primary N) is 2. The molecule has 1 aromatic heterocycles. The third-order valence-electron chi connectivity index (χ3n) is 4.99. The van der Waals surface area contributed by atoms with E-state index in [2.05, 4.69) is 22.8 Å². The first-order chi connectivity index (χ1) is 14.9. The summed E-state index contributed by atoms with van der Waals surface area (Å²) in [6.45, 7) is 5.30. The summed E-state index contributed by atoms with van der Waals surface area (Å²) in [5.41, 5.74) is 12.7. The molecule has 1 heterocycles. The van der Waals surface area contributed by atoms with Gasteiger partial charge in [-0.25, -0.2) is 0 Å². The van der Waals surface area contributed by atoms with E-state index < -0.39 is 12.1 Å². The summed E-state index contributed by atoms with van der Waals surface area (Å²) in [4.78, 5) is 27.9. The predicted molar refractivity (Wildman–Crippen MR) is 128 cm³/mol. The smallest absolute Gasteiger partial charge is 0.242 e. The molecule has 0 bridgehead atoms. The first kappa shape index (κ1) is 25.0. The molecular formula is C24H36N4O2S. The van der Waals surface area contributed by atoms with Crippen LogP contribution in [0.25, 0.3) is 0 Å². The molecule has 31 heavy (non-hydrogen) atoms. The van der Waals surface area contributed by atoms with Gasteiger partial charge in [0.1, 0.15) is 6.04 Å². The molecule has 0 radical (unpaired) electrons. The van der Waals surface area contributed by atoms with E-state index in [1.54, 1.807) is 11.3 Å². The second kappa shape index (κ2) is 13.2. The topological polar surface area (TPSA) is 110 Å². The third kappa shape index (κ3) is 9.21. The lowest BCUT2D eigenvalue weighted by Gasteiger charge is -2.22. The molecule has 6 nitrogen and oxygen atoms in total. The lowest BCUT2D eigenvalue weighted by Crippen LogP contribution is -2.52. The van der Waals surface area contributed by atoms with E-state index in [1.807, 2.05) is 44.2 Å². The molecule has 0 unspecified atom stereocenters. The van der Waals surface area contributed by atoms with Crippen molar-refractivity contribution in [3.63, 3.8) is 0 Å². The zero-order chi connectivity index (χ0) is 22.6. The molecule has 0 spiro atoms. The molecule has 2 amide bonds. The van der Waals surface area contributed by atoms with Crippen LogP contribution in [0.5, 0.6) is 0 Å². The van der Waals surface area contributed by atoms with Gasteiger partial charge in [0.05, 0.1) is 6.04 Å². The number of thiophene rings is 1. The Balaban J connectivity index is 1.84. The minimum atomic E-state index is -0.692. The normalized spacial score (nSPS) is 13.1. The number of hydrogen-bond donors (Lipinski definition) is 4. The number of carbonyl (C=O) groups excluding carboxylic acids is 2. The van der Waals surface area contributed by atoms with Gasteiger partial charge in [0, 0.05) is 16.3 Å². The Morgan fingerprint density at radius 2 is 1.68 bits per heavy atom. The fourth-order valence-corrected chi connectivity index (χ4v) is 4.40. The summed E-state index contributed by atoms with van der Waals surface area (Å²) in [6.07, 6.45) is 3.76. The highest BCUT2D eigenvalue weighted by Crippen LogP contribution is 2.18. The Morgan fingerprint density at radius 1 is 1.00 bits per heavy atom. The van der Waals surface area contributed by atoms with Crippen molar-refractivity contribution in [1.29, 1.82) is 0 Å². The monoisotopic (exact) mass is 444 g/mol. The standard InChI is InChI=1S/C24H36N4O2S/c1-17(2)15-22(28-23(29)21(26)16-18-7-4-3-5-8-18)24(30)27-14-12-20-11-10-19(31-20)9-6-13-25/h3-5,7-8,10-11,17,21-22H,6,9,12-16,25-26H2,1-2H3,(H,27,30)(H,28,29)/t21-,22+/m0/s1. The van der Waals surface area contributed by atoms with Crippen LogP contribution in [0, 0.1) is 5.92 Å². The van der Waals surface area contributed by atoms with E-state index in [9.17, 15) is 9.59 Å². The van der Waals surface area contributed by atoms with Gasteiger partial charge in [-0.2, -0.15) is 0 Å². The van der Waals surface area contributed by atoms with Gasteiger partial charge in [-0.15, -0.1) is 11.3 Å². The maximum atomic E-state index is 12.8. The van der Waals surface area contributed by atoms with Crippen LogP contribution >= 0.6 is 11.3 Å². The van der Waals surface area contributed by atoms with E-state index in [-0.39, 0.29) is 17.7 Å². The summed E-state index contributed by atoms with van der Waals surface area (Å²) in [5, 5.41) is 5.83. The van der Waals surface area contributed by atoms with Crippen LogP contribution in [0.2, 0.25) is 0 Å². The number of carbonyl (C=O) groups is 2. The van der Waals surface area contributed by atoms with Gasteiger partial charge in [0.25, 0.3) is 0 Å². The van der Waals surface area contributed by atoms with Crippen molar-refractivity contribution in [3.05, 3.63) is 57.8 Å². The van der Waals surface area contributed by atoms with Gasteiger partial charge in [-0.1, -0.05) is 44.2 Å². The maximum Gasteiger partial charge on any atom is 0.242 e. The second-order valence-corrected chi connectivity index (χ2v) is 9.54. The predicted octanol–water partition coefficient (Wildman–Crippen LogP) is 2.40. The van der Waals surface area contributed by atoms with Gasteiger partial charge in [-0.05, 0) is 62.3 Å². The molecule has 0 saturated carbocycles. The van der Waals surface area contributed by atoms with E-state index in [0.29, 0.717) is 25.9 Å². The van der Waals surface area contributed by atoms with Crippen molar-refractivity contribution in [2.45, 2.75) is 58.0 Å². The van der Waals surface area contributed by atoms with Crippen molar-refractivity contribution in [2.24, 2.45) is 17.4 Å². The SMILES string of the molecule is CC(C)C[C@@H](NC(=O)[C@@H](N)Cc1ccccc1)C(=O)NCCc1ccc(CCCN)s1. The zero-order valence-electron chi connectivity index (χ0n) is 18.6. The minimum Gasteiger partial charge on any atom is -0.354 e. The van der Waals surface area contributed by atoms with Crippen LogP contribution in [0.15, 0.2) is 42.5 Å². The Kier molecular flexibility index (Phi) is 10.7. The molecule has 7 heteroatoms. The molecular weight excluding hydrogens is 408 g/mol. The van der Waals surface area contributed by atoms with Gasteiger partial charge in [0.2, 0.25) is 11.8 Å². The number of nitrogens with one attached hydrogen (secondary N) is 2. The highest BCUT2D eigenvalue weighted by atomic mass is 32.1. The highest BCUT2D eigenvalue weighted by molar-refractivity contribution is 7.11. The zero-order valence-corrected chi connectivity index (χ0v) is 19.4. The van der Waals surface area contributed by atoms with Gasteiger partial charge in [0.15, 0.2) is 0 Å². The van der Waals surface area contributed by atoms with Crippen molar-refractivity contribution in [2.75, 3.05) is 13.1 Å². The molecule has 0 aliphatic rings. The molecule has 170 valence electrons. The van der Waals surface area contributed by atoms with E-state index >= 15 is 0 Å². The summed E-state index contributed by atoms with van der Waals surface area (Å²) < 4.78 is 0. The van der Waals surface area contributed by atoms with Crippen LogP contribution in [0.3, 0.4) is 0 Å². The fourth-order valence-electron chi connectivity index (χ4n) is 3.34. The molecule has 2 atom stereocenters. The molecule has 0 saturated heterocycles. The molecule has 1 aromatic carbocycles. The quantitative estimate of drug-likeness (QED) is 0.380. The van der Waals surface area contributed by atoms with Gasteiger partial charge in [-0.3, -0.25) is 9.59 Å². The van der Waals surface area contributed by atoms with E-state index in [0.717, 1.165) is 24.8 Å². The lowest BCUT2D eigenvalue weighted by molar-refractivity contribution is -0.130. The largest absolute Gasteiger partial charge is 0.354 e. The van der Waals surface area contributed by atoms with Crippen LogP contribution < -0.4 is 22.1 Å². The van der Waals surface area contributed by atoms with Crippen molar-refractivity contribution < 1.29 is 9.59 Å². The first-order valence-corrected chi connectivity index (χ1v) is 11.9. The van der Waals surface area contributed by atoms with Crippen LogP contribution in [0.1, 0.15) is 42.0 Å². The first-order valence-electron chi connectivity index (χ1n) is 11.0. The van der Waals surface area contributed by atoms with E-state index in [4.69, 9.17) is 11.5 Å². The second-order valence-electron chi connectivity index (χ2n) is 8.29. The average molecular weight is 445 g/mol. The summed E-state index contributed by atoms with van der Waals surface area (Å²) >= 11 is 1.77. The van der Waals surface area contributed by atoms with Crippen molar-refractivity contribution in [3.8, 4) is 0 Å². The number of benzene rings is 1. The average Bonchev–Trinajstić information content (AvgIpc) is 3.19. The molecule has 0 fully saturated rings. The van der Waals surface area contributed by atoms with Crippen molar-refractivity contribution in [1.82, 2.24) is 10.6 Å². The maximum absolute atomic E-state index is 12.8. The van der Waals surface area contributed by atoms with Gasteiger partial charge >= 0.3 is 0 Å². The van der Waals surface area contributed by atoms with Gasteiger partial charge < -0.3 is 22.1 Å². The Hall–Kier alpha value is -2.22. The lowest BCUT2D eigenvalue weighted by atomic mass is 10.0. The summed E-state index contributed by atoms with van der Waals surface area (Å²) in [5.74, 6) is -0.190. The third-order valence-corrected chi connectivity index (χ3v) is 6.20. The van der Waals surface area contributed by atoms with E-state index in [1.165, 1.54) is 9.75 Å². The Morgan fingerprint density at radius 3 is 2.32 bits per heavy atom. The molecule has 0 aliphatic carbocycles. The number of hydrogen-bond acceptors (Lipinski definition) is 5. The van der Waals surface area contributed by atoms with Crippen LogP contribution in [-0.2, 0) is 28.9 Å². The van der Waals surface area contributed by atoms with Crippen LogP contribution in [0.4, 0.5) is 0 Å². The molecule has 2 rings (SSSR count). The summed E-state index contributed by atoms with van der Waals surface area (Å²) in [6, 6.07) is 12.6. The molecule has 0 aliphatic heterocycles.